The Morgan fingerprint density at radius 2 is 2.00 bits per heavy atom. The molecule has 29 heavy (non-hydrogen) atoms. The summed E-state index contributed by atoms with van der Waals surface area (Å²) in [6.07, 6.45) is 1.99. The quantitative estimate of drug-likeness (QED) is 0.334. The van der Waals surface area contributed by atoms with Crippen LogP contribution in [0.5, 0.6) is 11.5 Å². The van der Waals surface area contributed by atoms with Gasteiger partial charge in [0.1, 0.15) is 0 Å². The normalized spacial score (nSPS) is 16.3. The molecule has 0 aliphatic carbocycles. The van der Waals surface area contributed by atoms with E-state index in [4.69, 9.17) is 19.2 Å². The van der Waals surface area contributed by atoms with Gasteiger partial charge in [0, 0.05) is 32.2 Å². The van der Waals surface area contributed by atoms with Crippen LogP contribution in [-0.2, 0) is 11.2 Å². The van der Waals surface area contributed by atoms with Gasteiger partial charge in [-0.2, -0.15) is 0 Å². The lowest BCUT2D eigenvalue weighted by Crippen LogP contribution is -2.44. The third kappa shape index (κ3) is 8.11. The molecule has 1 aromatic carbocycles. The van der Waals surface area contributed by atoms with E-state index in [1.807, 2.05) is 13.0 Å². The number of ether oxygens (including phenoxy) is 3. The molecule has 0 aromatic heterocycles. The van der Waals surface area contributed by atoms with E-state index in [1.165, 1.54) is 5.56 Å². The first kappa shape index (κ1) is 23.3. The number of nitrogens with one attached hydrogen (secondary N) is 2. The summed E-state index contributed by atoms with van der Waals surface area (Å²) in [4.78, 5) is 7.21. The van der Waals surface area contributed by atoms with Crippen molar-refractivity contribution in [1.29, 1.82) is 0 Å². The molecule has 0 radical (unpaired) electrons. The minimum absolute atomic E-state index is 0.422. The lowest BCUT2D eigenvalue weighted by atomic mass is 10.1. The SMILES string of the molecule is CCNC(=NCC(C)N1CCOCC1)NCCCc1ccc(OC)c(OCC)c1. The van der Waals surface area contributed by atoms with Gasteiger partial charge in [-0.3, -0.25) is 9.89 Å². The molecule has 1 unspecified atom stereocenters. The van der Waals surface area contributed by atoms with Gasteiger partial charge in [-0.15, -0.1) is 0 Å². The van der Waals surface area contributed by atoms with Crippen molar-refractivity contribution in [3.05, 3.63) is 23.8 Å². The van der Waals surface area contributed by atoms with Crippen LogP contribution in [0.1, 0.15) is 32.8 Å². The van der Waals surface area contributed by atoms with E-state index in [9.17, 15) is 0 Å². The highest BCUT2D eigenvalue weighted by Gasteiger charge is 2.16. The van der Waals surface area contributed by atoms with E-state index >= 15 is 0 Å². The number of aliphatic imine (C=N–C) groups is 1. The molecule has 0 bridgehead atoms. The van der Waals surface area contributed by atoms with Crippen LogP contribution in [0.3, 0.4) is 0 Å². The maximum atomic E-state index is 5.67. The standard InChI is InChI=1S/C22H38N4O3/c1-5-23-22(25-17-18(3)26-12-14-28-15-13-26)24-11-7-8-19-9-10-20(27-4)21(16-19)29-6-2/h9-10,16,18H,5-8,11-15,17H2,1-4H3,(H2,23,24,25). The highest BCUT2D eigenvalue weighted by Crippen LogP contribution is 2.28. The van der Waals surface area contributed by atoms with E-state index in [1.54, 1.807) is 7.11 Å². The van der Waals surface area contributed by atoms with Gasteiger partial charge in [0.2, 0.25) is 0 Å². The molecule has 2 rings (SSSR count). The van der Waals surface area contributed by atoms with Crippen molar-refractivity contribution in [3.63, 3.8) is 0 Å². The second kappa shape index (κ2) is 13.3. The predicted molar refractivity (Wildman–Crippen MR) is 118 cm³/mol. The van der Waals surface area contributed by atoms with Gasteiger partial charge in [-0.1, -0.05) is 6.07 Å². The number of aryl methyl sites for hydroxylation is 1. The number of methoxy groups -OCH3 is 1. The Bertz CT molecular complexity index is 618. The number of benzene rings is 1. The van der Waals surface area contributed by atoms with Crippen LogP contribution in [0.2, 0.25) is 0 Å². The highest BCUT2D eigenvalue weighted by molar-refractivity contribution is 5.79. The van der Waals surface area contributed by atoms with Crippen molar-refractivity contribution in [2.24, 2.45) is 4.99 Å². The van der Waals surface area contributed by atoms with Crippen molar-refractivity contribution in [1.82, 2.24) is 15.5 Å². The van der Waals surface area contributed by atoms with E-state index in [0.29, 0.717) is 12.6 Å². The molecule has 0 spiro atoms. The van der Waals surface area contributed by atoms with Gasteiger partial charge in [-0.05, 0) is 51.3 Å². The zero-order valence-corrected chi connectivity index (χ0v) is 18.5. The smallest absolute Gasteiger partial charge is 0.191 e. The van der Waals surface area contributed by atoms with E-state index in [2.05, 4.69) is 41.5 Å². The Hall–Kier alpha value is -1.99. The summed E-state index contributed by atoms with van der Waals surface area (Å²) >= 11 is 0. The van der Waals surface area contributed by atoms with Crippen molar-refractivity contribution in [3.8, 4) is 11.5 Å². The van der Waals surface area contributed by atoms with E-state index in [0.717, 1.165) is 76.2 Å². The Balaban J connectivity index is 1.79. The Morgan fingerprint density at radius 1 is 1.21 bits per heavy atom. The first-order valence-corrected chi connectivity index (χ1v) is 10.8. The molecule has 2 N–H and O–H groups in total. The third-order valence-corrected chi connectivity index (χ3v) is 4.99. The maximum absolute atomic E-state index is 5.67. The number of hydrogen-bond acceptors (Lipinski definition) is 5. The fraction of sp³-hybridized carbons (Fsp3) is 0.682. The number of nitrogens with zero attached hydrogens (tertiary/aromatic N) is 2. The van der Waals surface area contributed by atoms with Crippen LogP contribution >= 0.6 is 0 Å². The third-order valence-electron chi connectivity index (χ3n) is 4.99. The van der Waals surface area contributed by atoms with Crippen LogP contribution in [0.15, 0.2) is 23.2 Å². The fourth-order valence-electron chi connectivity index (χ4n) is 3.34. The molecule has 1 aromatic rings. The summed E-state index contributed by atoms with van der Waals surface area (Å²) in [6, 6.07) is 6.58. The van der Waals surface area contributed by atoms with Crippen LogP contribution in [-0.4, -0.2) is 76.6 Å². The Labute approximate surface area is 175 Å². The molecule has 1 saturated heterocycles. The summed E-state index contributed by atoms with van der Waals surface area (Å²) in [6.45, 7) is 13.1. The van der Waals surface area contributed by atoms with Crippen molar-refractivity contribution in [2.75, 3.05) is 59.7 Å². The monoisotopic (exact) mass is 406 g/mol. The summed E-state index contributed by atoms with van der Waals surface area (Å²) in [5, 5.41) is 6.79. The summed E-state index contributed by atoms with van der Waals surface area (Å²) < 4.78 is 16.5. The largest absolute Gasteiger partial charge is 0.493 e. The van der Waals surface area contributed by atoms with Gasteiger partial charge >= 0.3 is 0 Å². The summed E-state index contributed by atoms with van der Waals surface area (Å²) in [5.41, 5.74) is 1.25. The highest BCUT2D eigenvalue weighted by atomic mass is 16.5. The van der Waals surface area contributed by atoms with Crippen LogP contribution in [0.25, 0.3) is 0 Å². The minimum Gasteiger partial charge on any atom is -0.493 e. The Kier molecular flexibility index (Phi) is 10.7. The Morgan fingerprint density at radius 3 is 2.69 bits per heavy atom. The number of guanidine groups is 1. The minimum atomic E-state index is 0.422. The van der Waals surface area contributed by atoms with Crippen molar-refractivity contribution < 1.29 is 14.2 Å². The summed E-state index contributed by atoms with van der Waals surface area (Å²) in [7, 11) is 1.67. The predicted octanol–water partition coefficient (Wildman–Crippen LogP) is 2.30. The van der Waals surface area contributed by atoms with Crippen LogP contribution in [0.4, 0.5) is 0 Å². The average Bonchev–Trinajstić information content (AvgIpc) is 2.75. The number of rotatable bonds is 11. The second-order valence-electron chi connectivity index (χ2n) is 7.17. The molecule has 1 atom stereocenters. The van der Waals surface area contributed by atoms with Gasteiger partial charge in [0.25, 0.3) is 0 Å². The molecule has 1 aliphatic rings. The van der Waals surface area contributed by atoms with Gasteiger partial charge < -0.3 is 24.8 Å². The zero-order valence-electron chi connectivity index (χ0n) is 18.5. The van der Waals surface area contributed by atoms with E-state index < -0.39 is 0 Å². The average molecular weight is 407 g/mol. The molecule has 7 nitrogen and oxygen atoms in total. The molecule has 1 heterocycles. The molecule has 7 heteroatoms. The maximum Gasteiger partial charge on any atom is 0.191 e. The first-order valence-electron chi connectivity index (χ1n) is 10.8. The van der Waals surface area contributed by atoms with Crippen LogP contribution < -0.4 is 20.1 Å². The van der Waals surface area contributed by atoms with E-state index in [-0.39, 0.29) is 0 Å². The van der Waals surface area contributed by atoms with Crippen LogP contribution in [0, 0.1) is 0 Å². The molecule has 0 saturated carbocycles. The molecule has 1 fully saturated rings. The van der Waals surface area contributed by atoms with Crippen molar-refractivity contribution >= 4 is 5.96 Å². The number of hydrogen-bond donors (Lipinski definition) is 2. The molecular formula is C22H38N4O3. The van der Waals surface area contributed by atoms with Gasteiger partial charge in [0.05, 0.1) is 33.5 Å². The lowest BCUT2D eigenvalue weighted by Gasteiger charge is -2.31. The number of morpholine rings is 1. The topological polar surface area (TPSA) is 67.4 Å². The molecular weight excluding hydrogens is 368 g/mol. The summed E-state index contributed by atoms with van der Waals surface area (Å²) in [5.74, 6) is 2.48. The first-order chi connectivity index (χ1) is 14.2. The van der Waals surface area contributed by atoms with Gasteiger partial charge in [0.15, 0.2) is 17.5 Å². The molecule has 1 aliphatic heterocycles. The van der Waals surface area contributed by atoms with Crippen molar-refractivity contribution in [2.45, 2.75) is 39.7 Å². The second-order valence-corrected chi connectivity index (χ2v) is 7.17. The zero-order chi connectivity index (χ0) is 20.9. The molecule has 0 amide bonds. The molecule has 164 valence electrons. The lowest BCUT2D eigenvalue weighted by molar-refractivity contribution is 0.0220. The van der Waals surface area contributed by atoms with Gasteiger partial charge in [-0.25, -0.2) is 0 Å². The fourth-order valence-corrected chi connectivity index (χ4v) is 3.34.